The van der Waals surface area contributed by atoms with Gasteiger partial charge in [-0.2, -0.15) is 0 Å². The molecule has 0 bridgehead atoms. The van der Waals surface area contributed by atoms with E-state index in [0.717, 1.165) is 6.42 Å². The Balaban J connectivity index is 2.92. The van der Waals surface area contributed by atoms with Gasteiger partial charge in [0.2, 0.25) is 0 Å². The average molecular weight is 257 g/mol. The van der Waals surface area contributed by atoms with E-state index in [2.05, 4.69) is 0 Å². The normalized spacial score (nSPS) is 27.7. The number of hydrogen-bond acceptors (Lipinski definition) is 3. The molecule has 104 valence electrons. The van der Waals surface area contributed by atoms with E-state index in [1.54, 1.807) is 6.92 Å². The van der Waals surface area contributed by atoms with E-state index >= 15 is 0 Å². The van der Waals surface area contributed by atoms with Crippen molar-refractivity contribution in [3.63, 3.8) is 0 Å². The lowest BCUT2D eigenvalue weighted by atomic mass is 9.90. The van der Waals surface area contributed by atoms with Crippen LogP contribution in [0, 0.1) is 5.92 Å². The Labute approximate surface area is 108 Å². The van der Waals surface area contributed by atoms with E-state index in [9.17, 15) is 14.7 Å². The zero-order valence-electron chi connectivity index (χ0n) is 11.6. The van der Waals surface area contributed by atoms with E-state index in [1.165, 1.54) is 12.0 Å². The van der Waals surface area contributed by atoms with Crippen LogP contribution in [-0.2, 0) is 14.3 Å². The second-order valence-corrected chi connectivity index (χ2v) is 5.27. The molecule has 1 rings (SSSR count). The molecule has 1 heterocycles. The molecule has 0 aromatic carbocycles. The second kappa shape index (κ2) is 5.69. The molecule has 1 aliphatic heterocycles. The maximum absolute atomic E-state index is 12.4. The van der Waals surface area contributed by atoms with Gasteiger partial charge in [-0.15, -0.1) is 0 Å². The van der Waals surface area contributed by atoms with Gasteiger partial charge in [0.05, 0.1) is 0 Å². The number of carbonyl (C=O) groups is 2. The minimum atomic E-state index is -0.926. The highest BCUT2D eigenvalue weighted by molar-refractivity contribution is 5.89. The summed E-state index contributed by atoms with van der Waals surface area (Å²) in [5, 5.41) is 9.25. The fourth-order valence-corrected chi connectivity index (χ4v) is 2.31. The van der Waals surface area contributed by atoms with Crippen LogP contribution in [0.15, 0.2) is 0 Å². The molecule has 1 N–H and O–H groups in total. The summed E-state index contributed by atoms with van der Waals surface area (Å²) < 4.78 is 5.27. The van der Waals surface area contributed by atoms with E-state index in [0.29, 0.717) is 25.3 Å². The lowest BCUT2D eigenvalue weighted by molar-refractivity contribution is -0.165. The van der Waals surface area contributed by atoms with Crippen LogP contribution in [0.4, 0.5) is 0 Å². The van der Waals surface area contributed by atoms with Crippen LogP contribution in [0.25, 0.3) is 0 Å². The molecule has 0 aromatic heterocycles. The van der Waals surface area contributed by atoms with E-state index in [1.807, 2.05) is 13.8 Å². The Bertz CT molecular complexity index is 325. The molecule has 0 radical (unpaired) electrons. The SMILES string of the molecule is CCC(C)(OC)C(=O)N1CCC(C)CC1C(=O)O. The highest BCUT2D eigenvalue weighted by Crippen LogP contribution is 2.27. The number of ether oxygens (including phenoxy) is 1. The summed E-state index contributed by atoms with van der Waals surface area (Å²) in [5.74, 6) is -0.804. The van der Waals surface area contributed by atoms with Gasteiger partial charge in [0.1, 0.15) is 11.6 Å². The van der Waals surface area contributed by atoms with Gasteiger partial charge in [-0.05, 0) is 32.1 Å². The molecule has 0 spiro atoms. The van der Waals surface area contributed by atoms with Crippen molar-refractivity contribution in [3.05, 3.63) is 0 Å². The summed E-state index contributed by atoms with van der Waals surface area (Å²) in [6.45, 7) is 6.10. The quantitative estimate of drug-likeness (QED) is 0.829. The molecule has 5 nitrogen and oxygen atoms in total. The molecule has 1 aliphatic rings. The third-order valence-electron chi connectivity index (χ3n) is 3.99. The number of hydrogen-bond donors (Lipinski definition) is 1. The van der Waals surface area contributed by atoms with Crippen LogP contribution in [0.2, 0.25) is 0 Å². The molecule has 1 saturated heterocycles. The van der Waals surface area contributed by atoms with Crippen molar-refractivity contribution in [2.75, 3.05) is 13.7 Å². The lowest BCUT2D eigenvalue weighted by Crippen LogP contribution is -2.56. The molecule has 18 heavy (non-hydrogen) atoms. The average Bonchev–Trinajstić information content (AvgIpc) is 2.36. The Kier molecular flexibility index (Phi) is 4.73. The summed E-state index contributed by atoms with van der Waals surface area (Å²) in [6, 6.07) is -0.720. The summed E-state index contributed by atoms with van der Waals surface area (Å²) >= 11 is 0. The monoisotopic (exact) mass is 257 g/mol. The van der Waals surface area contributed by atoms with Crippen molar-refractivity contribution >= 4 is 11.9 Å². The molecule has 0 aliphatic carbocycles. The number of piperidine rings is 1. The zero-order chi connectivity index (χ0) is 13.9. The van der Waals surface area contributed by atoms with Gasteiger partial charge in [0, 0.05) is 13.7 Å². The van der Waals surface area contributed by atoms with Crippen LogP contribution < -0.4 is 0 Å². The number of nitrogens with zero attached hydrogens (tertiary/aromatic N) is 1. The Morgan fingerprint density at radius 3 is 2.56 bits per heavy atom. The maximum atomic E-state index is 12.4. The highest BCUT2D eigenvalue weighted by Gasteiger charge is 2.42. The van der Waals surface area contributed by atoms with Gasteiger partial charge >= 0.3 is 5.97 Å². The predicted octanol–water partition coefficient (Wildman–Crippen LogP) is 1.51. The Morgan fingerprint density at radius 1 is 1.50 bits per heavy atom. The third-order valence-corrected chi connectivity index (χ3v) is 3.99. The number of likely N-dealkylation sites (tertiary alicyclic amines) is 1. The summed E-state index contributed by atoms with van der Waals surface area (Å²) in [6.07, 6.45) is 1.89. The second-order valence-electron chi connectivity index (χ2n) is 5.27. The molecule has 0 saturated carbocycles. The molecule has 0 aromatic rings. The van der Waals surface area contributed by atoms with Crippen LogP contribution in [0.1, 0.15) is 40.0 Å². The Hall–Kier alpha value is -1.10. The number of aliphatic carboxylic acids is 1. The van der Waals surface area contributed by atoms with Gasteiger partial charge in [0.25, 0.3) is 5.91 Å². The van der Waals surface area contributed by atoms with Gasteiger partial charge < -0.3 is 14.7 Å². The molecule has 1 amide bonds. The molecule has 1 fully saturated rings. The standard InChI is InChI=1S/C13H23NO4/c1-5-13(3,18-4)12(17)14-7-6-9(2)8-10(14)11(15)16/h9-10H,5-8H2,1-4H3,(H,15,16). The highest BCUT2D eigenvalue weighted by atomic mass is 16.5. The fourth-order valence-electron chi connectivity index (χ4n) is 2.31. The molecule has 3 atom stereocenters. The first-order valence-electron chi connectivity index (χ1n) is 6.44. The predicted molar refractivity (Wildman–Crippen MR) is 67.2 cm³/mol. The maximum Gasteiger partial charge on any atom is 0.326 e. The lowest BCUT2D eigenvalue weighted by Gasteiger charge is -2.40. The smallest absolute Gasteiger partial charge is 0.326 e. The van der Waals surface area contributed by atoms with E-state index in [-0.39, 0.29) is 5.91 Å². The van der Waals surface area contributed by atoms with Gasteiger partial charge in [0.15, 0.2) is 0 Å². The summed E-state index contributed by atoms with van der Waals surface area (Å²) in [7, 11) is 1.49. The summed E-state index contributed by atoms with van der Waals surface area (Å²) in [5.41, 5.74) is -0.922. The van der Waals surface area contributed by atoms with Gasteiger partial charge in [-0.1, -0.05) is 13.8 Å². The first-order valence-corrected chi connectivity index (χ1v) is 6.44. The zero-order valence-corrected chi connectivity index (χ0v) is 11.6. The number of carbonyl (C=O) groups excluding carboxylic acids is 1. The number of carboxylic acids is 1. The van der Waals surface area contributed by atoms with E-state index < -0.39 is 17.6 Å². The molecule has 5 heteroatoms. The van der Waals surface area contributed by atoms with Crippen LogP contribution in [0.5, 0.6) is 0 Å². The van der Waals surface area contributed by atoms with Gasteiger partial charge in [-0.25, -0.2) is 4.79 Å². The first-order chi connectivity index (χ1) is 8.35. The molecular formula is C13H23NO4. The Morgan fingerprint density at radius 2 is 2.11 bits per heavy atom. The number of rotatable bonds is 4. The number of methoxy groups -OCH3 is 1. The van der Waals surface area contributed by atoms with Crippen LogP contribution in [-0.4, -0.2) is 47.2 Å². The van der Waals surface area contributed by atoms with Crippen molar-refractivity contribution in [3.8, 4) is 0 Å². The van der Waals surface area contributed by atoms with Crippen molar-refractivity contribution in [1.29, 1.82) is 0 Å². The van der Waals surface area contributed by atoms with Crippen LogP contribution in [0.3, 0.4) is 0 Å². The molecule has 3 unspecified atom stereocenters. The van der Waals surface area contributed by atoms with Crippen molar-refractivity contribution in [1.82, 2.24) is 4.90 Å². The topological polar surface area (TPSA) is 66.8 Å². The van der Waals surface area contributed by atoms with E-state index in [4.69, 9.17) is 4.74 Å². The van der Waals surface area contributed by atoms with Gasteiger partial charge in [-0.3, -0.25) is 4.79 Å². The number of amides is 1. The molecular weight excluding hydrogens is 234 g/mol. The van der Waals surface area contributed by atoms with Crippen LogP contribution >= 0.6 is 0 Å². The fraction of sp³-hybridized carbons (Fsp3) is 0.846. The largest absolute Gasteiger partial charge is 0.480 e. The third kappa shape index (κ3) is 2.83. The summed E-state index contributed by atoms with van der Waals surface area (Å²) in [4.78, 5) is 25.2. The van der Waals surface area contributed by atoms with Crippen molar-refractivity contribution in [2.24, 2.45) is 5.92 Å². The first kappa shape index (κ1) is 15.0. The minimum Gasteiger partial charge on any atom is -0.480 e. The van der Waals surface area contributed by atoms with Crippen molar-refractivity contribution < 1.29 is 19.4 Å². The number of carboxylic acid groups (broad SMARTS) is 1. The minimum absolute atomic E-state index is 0.216. The van der Waals surface area contributed by atoms with Crippen molar-refractivity contribution in [2.45, 2.75) is 51.7 Å².